The third-order valence-corrected chi connectivity index (χ3v) is 3.95. The first-order valence-corrected chi connectivity index (χ1v) is 7.66. The molecule has 2 aromatic rings. The van der Waals surface area contributed by atoms with Gasteiger partial charge in [-0.05, 0) is 23.3 Å². The molecule has 2 N–H and O–H groups in total. The lowest BCUT2D eigenvalue weighted by atomic mass is 9.94. The van der Waals surface area contributed by atoms with Gasteiger partial charge < -0.3 is 10.2 Å². The van der Waals surface area contributed by atoms with Gasteiger partial charge in [-0.25, -0.2) is 0 Å². The molecule has 0 aliphatic carbocycles. The maximum atomic E-state index is 13.0. The first-order valence-electron chi connectivity index (χ1n) is 7.66. The molecule has 0 radical (unpaired) electrons. The standard InChI is InChI=1S/C18H16F6O2/c19-17(20,21)13-7-3-1-5-11(13)9-15(25)16(26)10-12-6-2-4-8-14(12)18(22,23)24/h1-8,15-16,25-26H,9-10H2/t15-,16-/m0/s1. The van der Waals surface area contributed by atoms with Crippen molar-refractivity contribution in [1.29, 1.82) is 0 Å². The summed E-state index contributed by atoms with van der Waals surface area (Å²) in [5.74, 6) is 0. The van der Waals surface area contributed by atoms with Crippen LogP contribution < -0.4 is 0 Å². The van der Waals surface area contributed by atoms with Gasteiger partial charge >= 0.3 is 12.4 Å². The number of hydrogen-bond donors (Lipinski definition) is 2. The highest BCUT2D eigenvalue weighted by Crippen LogP contribution is 2.34. The summed E-state index contributed by atoms with van der Waals surface area (Å²) in [6.45, 7) is 0. The predicted molar refractivity (Wildman–Crippen MR) is 82.3 cm³/mol. The quantitative estimate of drug-likeness (QED) is 0.765. The molecule has 0 aromatic heterocycles. The number of alkyl halides is 6. The Bertz CT molecular complexity index is 675. The van der Waals surface area contributed by atoms with Gasteiger partial charge in [0.05, 0.1) is 23.3 Å². The average molecular weight is 378 g/mol. The highest BCUT2D eigenvalue weighted by Gasteiger charge is 2.35. The maximum absolute atomic E-state index is 13.0. The van der Waals surface area contributed by atoms with Crippen LogP contribution in [0.25, 0.3) is 0 Å². The van der Waals surface area contributed by atoms with Gasteiger partial charge in [0.1, 0.15) is 0 Å². The number of aliphatic hydroxyl groups is 2. The van der Waals surface area contributed by atoms with Gasteiger partial charge in [0, 0.05) is 12.8 Å². The fourth-order valence-corrected chi connectivity index (χ4v) is 2.67. The second-order valence-electron chi connectivity index (χ2n) is 5.85. The van der Waals surface area contributed by atoms with E-state index < -0.39 is 48.5 Å². The van der Waals surface area contributed by atoms with Crippen LogP contribution in [0.5, 0.6) is 0 Å². The van der Waals surface area contributed by atoms with Gasteiger partial charge in [-0.3, -0.25) is 0 Å². The lowest BCUT2D eigenvalue weighted by molar-refractivity contribution is -0.139. The largest absolute Gasteiger partial charge is 0.416 e. The number of rotatable bonds is 5. The van der Waals surface area contributed by atoms with Crippen molar-refractivity contribution in [2.45, 2.75) is 37.4 Å². The Morgan fingerprint density at radius 3 is 1.23 bits per heavy atom. The van der Waals surface area contributed by atoms with Gasteiger partial charge in [0.15, 0.2) is 0 Å². The summed E-state index contributed by atoms with van der Waals surface area (Å²) in [4.78, 5) is 0. The van der Waals surface area contributed by atoms with Gasteiger partial charge in [-0.1, -0.05) is 36.4 Å². The number of halogens is 6. The zero-order valence-electron chi connectivity index (χ0n) is 13.3. The van der Waals surface area contributed by atoms with Crippen molar-refractivity contribution in [2.24, 2.45) is 0 Å². The van der Waals surface area contributed by atoms with Crippen LogP contribution in [0.1, 0.15) is 22.3 Å². The third-order valence-electron chi connectivity index (χ3n) is 3.95. The molecule has 0 amide bonds. The Morgan fingerprint density at radius 1 is 0.615 bits per heavy atom. The third kappa shape index (κ3) is 4.98. The summed E-state index contributed by atoms with van der Waals surface area (Å²) in [5, 5.41) is 20.0. The second-order valence-corrected chi connectivity index (χ2v) is 5.85. The molecule has 2 nitrogen and oxygen atoms in total. The first kappa shape index (κ1) is 20.3. The van der Waals surface area contributed by atoms with Crippen LogP contribution in [-0.2, 0) is 25.2 Å². The topological polar surface area (TPSA) is 40.5 Å². The SMILES string of the molecule is O[C@@H](Cc1ccccc1C(F)(F)F)[C@@H](O)Cc1ccccc1C(F)(F)F. The molecule has 0 saturated carbocycles. The molecule has 0 saturated heterocycles. The van der Waals surface area contributed by atoms with E-state index in [1.165, 1.54) is 24.3 Å². The molecule has 8 heteroatoms. The van der Waals surface area contributed by atoms with E-state index in [4.69, 9.17) is 0 Å². The van der Waals surface area contributed by atoms with Gasteiger partial charge in [0.2, 0.25) is 0 Å². The number of aliphatic hydroxyl groups excluding tert-OH is 2. The molecular weight excluding hydrogens is 362 g/mol. The minimum absolute atomic E-state index is 0.240. The molecule has 26 heavy (non-hydrogen) atoms. The van der Waals surface area contributed by atoms with Crippen molar-refractivity contribution < 1.29 is 36.6 Å². The Balaban J connectivity index is 2.17. The molecule has 0 unspecified atom stereocenters. The maximum Gasteiger partial charge on any atom is 0.416 e. The lowest BCUT2D eigenvalue weighted by Gasteiger charge is -2.21. The molecule has 0 fully saturated rings. The molecule has 0 heterocycles. The normalized spacial score (nSPS) is 14.9. The Kier molecular flexibility index (Phi) is 5.98. The molecule has 0 bridgehead atoms. The highest BCUT2D eigenvalue weighted by atomic mass is 19.4. The monoisotopic (exact) mass is 378 g/mol. The summed E-state index contributed by atoms with van der Waals surface area (Å²) >= 11 is 0. The summed E-state index contributed by atoms with van der Waals surface area (Å²) in [5.41, 5.74) is -2.39. The summed E-state index contributed by atoms with van der Waals surface area (Å²) < 4.78 is 77.8. The molecule has 2 aromatic carbocycles. The van der Waals surface area contributed by atoms with E-state index in [-0.39, 0.29) is 11.1 Å². The van der Waals surface area contributed by atoms with Gasteiger partial charge in [0.25, 0.3) is 0 Å². The van der Waals surface area contributed by atoms with E-state index in [9.17, 15) is 36.6 Å². The molecule has 0 aliphatic heterocycles. The molecule has 142 valence electrons. The van der Waals surface area contributed by atoms with Crippen molar-refractivity contribution in [2.75, 3.05) is 0 Å². The fourth-order valence-electron chi connectivity index (χ4n) is 2.67. The van der Waals surface area contributed by atoms with Crippen LogP contribution in [0.2, 0.25) is 0 Å². The van der Waals surface area contributed by atoms with E-state index in [1.54, 1.807) is 0 Å². The molecule has 0 aliphatic rings. The van der Waals surface area contributed by atoms with E-state index >= 15 is 0 Å². The molecule has 2 atom stereocenters. The van der Waals surface area contributed by atoms with E-state index in [0.29, 0.717) is 0 Å². The van der Waals surface area contributed by atoms with E-state index in [1.807, 2.05) is 0 Å². The highest BCUT2D eigenvalue weighted by molar-refractivity contribution is 5.32. The van der Waals surface area contributed by atoms with E-state index in [2.05, 4.69) is 0 Å². The predicted octanol–water partition coefficient (Wildman–Crippen LogP) is 4.23. The van der Waals surface area contributed by atoms with Gasteiger partial charge in [-0.2, -0.15) is 26.3 Å². The van der Waals surface area contributed by atoms with Crippen LogP contribution in [0.3, 0.4) is 0 Å². The van der Waals surface area contributed by atoms with Crippen LogP contribution in [0, 0.1) is 0 Å². The van der Waals surface area contributed by atoms with E-state index in [0.717, 1.165) is 24.3 Å². The minimum Gasteiger partial charge on any atom is -0.390 e. The number of hydrogen-bond acceptors (Lipinski definition) is 2. The lowest BCUT2D eigenvalue weighted by Crippen LogP contribution is -2.31. The molecule has 0 spiro atoms. The van der Waals surface area contributed by atoms with Gasteiger partial charge in [-0.15, -0.1) is 0 Å². The zero-order valence-corrected chi connectivity index (χ0v) is 13.3. The van der Waals surface area contributed by atoms with Crippen LogP contribution in [-0.4, -0.2) is 22.4 Å². The Morgan fingerprint density at radius 2 is 0.923 bits per heavy atom. The minimum atomic E-state index is -4.63. The molecule has 2 rings (SSSR count). The van der Waals surface area contributed by atoms with Crippen LogP contribution in [0.4, 0.5) is 26.3 Å². The smallest absolute Gasteiger partial charge is 0.390 e. The van der Waals surface area contributed by atoms with Crippen molar-refractivity contribution in [3.8, 4) is 0 Å². The van der Waals surface area contributed by atoms with Crippen molar-refractivity contribution in [1.82, 2.24) is 0 Å². The summed E-state index contributed by atoms with van der Waals surface area (Å²) in [7, 11) is 0. The van der Waals surface area contributed by atoms with Crippen LogP contribution >= 0.6 is 0 Å². The molecular formula is C18H16F6O2. The Hall–Kier alpha value is -2.06. The summed E-state index contributed by atoms with van der Waals surface area (Å²) in [6.07, 6.45) is -13.6. The number of benzene rings is 2. The van der Waals surface area contributed by atoms with Crippen molar-refractivity contribution in [3.63, 3.8) is 0 Å². The van der Waals surface area contributed by atoms with Crippen molar-refractivity contribution >= 4 is 0 Å². The zero-order chi connectivity index (χ0) is 19.5. The summed E-state index contributed by atoms with van der Waals surface area (Å²) in [6, 6.07) is 9.07. The first-order chi connectivity index (χ1) is 12.0. The van der Waals surface area contributed by atoms with Crippen LogP contribution in [0.15, 0.2) is 48.5 Å². The average Bonchev–Trinajstić information content (AvgIpc) is 2.53. The fraction of sp³-hybridized carbons (Fsp3) is 0.333. The van der Waals surface area contributed by atoms with Crippen molar-refractivity contribution in [3.05, 3.63) is 70.8 Å². The Labute approximate surface area is 145 Å². The second kappa shape index (κ2) is 7.67.